The third-order valence-corrected chi connectivity index (χ3v) is 4.63. The molecule has 9 heteroatoms. The summed E-state index contributed by atoms with van der Waals surface area (Å²) in [5, 5.41) is 14.0. The number of nitro benzene ring substituents is 1. The molecule has 0 spiro atoms. The Morgan fingerprint density at radius 3 is 2.90 bits per heavy atom. The molecule has 0 bridgehead atoms. The Labute approximate surface area is 122 Å². The Morgan fingerprint density at radius 2 is 2.29 bits per heavy atom. The van der Waals surface area contributed by atoms with E-state index in [0.717, 1.165) is 6.07 Å². The average Bonchev–Trinajstić information content (AvgIpc) is 2.46. The minimum Gasteiger partial charge on any atom is -0.378 e. The highest BCUT2D eigenvalue weighted by molar-refractivity contribution is 7.89. The molecule has 8 nitrogen and oxygen atoms in total. The van der Waals surface area contributed by atoms with Crippen LogP contribution in [0, 0.1) is 17.0 Å². The molecule has 1 fully saturated rings. The van der Waals surface area contributed by atoms with Gasteiger partial charge in [-0.05, 0) is 13.0 Å². The van der Waals surface area contributed by atoms with Gasteiger partial charge in [0, 0.05) is 30.8 Å². The summed E-state index contributed by atoms with van der Waals surface area (Å²) in [7, 11) is -3.78. The standard InChI is InChI=1S/C12H17N3O5S/c1-9-2-3-11(6-12(9)15(16)17)21(18,19)14-7-10-8-20-5-4-13-10/h2-3,6,10,13-14H,4-5,7-8H2,1H3. The molecule has 1 unspecified atom stereocenters. The average molecular weight is 315 g/mol. The third kappa shape index (κ3) is 3.97. The molecule has 21 heavy (non-hydrogen) atoms. The van der Waals surface area contributed by atoms with Crippen LogP contribution < -0.4 is 10.0 Å². The van der Waals surface area contributed by atoms with Gasteiger partial charge in [0.1, 0.15) is 0 Å². The fraction of sp³-hybridized carbons (Fsp3) is 0.500. The Morgan fingerprint density at radius 1 is 1.52 bits per heavy atom. The van der Waals surface area contributed by atoms with Crippen LogP contribution in [-0.2, 0) is 14.8 Å². The number of ether oxygens (including phenoxy) is 1. The molecule has 2 N–H and O–H groups in total. The molecule has 1 heterocycles. The number of rotatable bonds is 5. The monoisotopic (exact) mass is 315 g/mol. The molecule has 1 saturated heterocycles. The van der Waals surface area contributed by atoms with Crippen molar-refractivity contribution in [3.63, 3.8) is 0 Å². The first-order valence-electron chi connectivity index (χ1n) is 6.46. The summed E-state index contributed by atoms with van der Waals surface area (Å²) in [4.78, 5) is 10.2. The van der Waals surface area contributed by atoms with Gasteiger partial charge in [-0.25, -0.2) is 13.1 Å². The van der Waals surface area contributed by atoms with Crippen molar-refractivity contribution in [1.82, 2.24) is 10.0 Å². The van der Waals surface area contributed by atoms with E-state index in [1.165, 1.54) is 12.1 Å². The lowest BCUT2D eigenvalue weighted by atomic mass is 10.2. The van der Waals surface area contributed by atoms with Crippen LogP contribution in [-0.4, -0.2) is 45.7 Å². The van der Waals surface area contributed by atoms with Gasteiger partial charge in [0.05, 0.1) is 23.0 Å². The van der Waals surface area contributed by atoms with Crippen LogP contribution in [0.3, 0.4) is 0 Å². The maximum absolute atomic E-state index is 12.2. The number of sulfonamides is 1. The highest BCUT2D eigenvalue weighted by Crippen LogP contribution is 2.21. The second-order valence-electron chi connectivity index (χ2n) is 4.78. The Kier molecular flexibility index (Phi) is 4.88. The highest BCUT2D eigenvalue weighted by Gasteiger charge is 2.21. The molecular formula is C12H17N3O5S. The van der Waals surface area contributed by atoms with Gasteiger partial charge in [0.25, 0.3) is 5.69 Å². The molecule has 1 aliphatic rings. The normalized spacial score (nSPS) is 19.4. The van der Waals surface area contributed by atoms with E-state index >= 15 is 0 Å². The first kappa shape index (κ1) is 15.8. The SMILES string of the molecule is Cc1ccc(S(=O)(=O)NCC2COCCN2)cc1[N+](=O)[O-]. The van der Waals surface area contributed by atoms with Gasteiger partial charge in [-0.3, -0.25) is 10.1 Å². The lowest BCUT2D eigenvalue weighted by Crippen LogP contribution is -2.48. The van der Waals surface area contributed by atoms with Crippen LogP contribution in [0.15, 0.2) is 23.1 Å². The van der Waals surface area contributed by atoms with Crippen LogP contribution in [0.25, 0.3) is 0 Å². The van der Waals surface area contributed by atoms with Crippen molar-refractivity contribution in [3.8, 4) is 0 Å². The van der Waals surface area contributed by atoms with Crippen LogP contribution in [0.5, 0.6) is 0 Å². The van der Waals surface area contributed by atoms with Gasteiger partial charge in [0.15, 0.2) is 0 Å². The largest absolute Gasteiger partial charge is 0.378 e. The zero-order valence-electron chi connectivity index (χ0n) is 11.5. The fourth-order valence-corrected chi connectivity index (χ4v) is 3.10. The minimum absolute atomic E-state index is 0.103. The number of hydrogen-bond donors (Lipinski definition) is 2. The quantitative estimate of drug-likeness (QED) is 0.592. The van der Waals surface area contributed by atoms with E-state index in [9.17, 15) is 18.5 Å². The molecule has 2 rings (SSSR count). The van der Waals surface area contributed by atoms with Crippen molar-refractivity contribution in [1.29, 1.82) is 0 Å². The van der Waals surface area contributed by atoms with Crippen molar-refractivity contribution in [2.24, 2.45) is 0 Å². The number of nitrogens with one attached hydrogen (secondary N) is 2. The first-order valence-corrected chi connectivity index (χ1v) is 7.94. The van der Waals surface area contributed by atoms with E-state index in [4.69, 9.17) is 4.74 Å². The summed E-state index contributed by atoms with van der Waals surface area (Å²) >= 11 is 0. The van der Waals surface area contributed by atoms with Crippen LogP contribution in [0.2, 0.25) is 0 Å². The Bertz CT molecular complexity index is 626. The van der Waals surface area contributed by atoms with Crippen molar-refractivity contribution < 1.29 is 18.1 Å². The third-order valence-electron chi connectivity index (χ3n) is 3.21. The van der Waals surface area contributed by atoms with Crippen LogP contribution in [0.4, 0.5) is 5.69 Å². The van der Waals surface area contributed by atoms with E-state index in [0.29, 0.717) is 25.3 Å². The summed E-state index contributed by atoms with van der Waals surface area (Å²) in [6.07, 6.45) is 0. The molecule has 116 valence electrons. The number of morpholine rings is 1. The van der Waals surface area contributed by atoms with E-state index in [-0.39, 0.29) is 23.2 Å². The first-order chi connectivity index (χ1) is 9.90. The summed E-state index contributed by atoms with van der Waals surface area (Å²) < 4.78 is 32.0. The second kappa shape index (κ2) is 6.48. The predicted molar refractivity (Wildman–Crippen MR) is 75.6 cm³/mol. The van der Waals surface area contributed by atoms with Gasteiger partial charge in [0.2, 0.25) is 10.0 Å². The summed E-state index contributed by atoms with van der Waals surface area (Å²) in [6, 6.07) is 3.75. The Balaban J connectivity index is 2.11. The minimum atomic E-state index is -3.78. The maximum atomic E-state index is 12.2. The zero-order chi connectivity index (χ0) is 15.5. The molecule has 1 aromatic rings. The van der Waals surface area contributed by atoms with E-state index in [1.54, 1.807) is 6.92 Å². The van der Waals surface area contributed by atoms with Crippen molar-refractivity contribution in [2.75, 3.05) is 26.3 Å². The lowest BCUT2D eigenvalue weighted by molar-refractivity contribution is -0.385. The van der Waals surface area contributed by atoms with Gasteiger partial charge in [-0.15, -0.1) is 0 Å². The van der Waals surface area contributed by atoms with Gasteiger partial charge >= 0.3 is 0 Å². The van der Waals surface area contributed by atoms with Crippen molar-refractivity contribution >= 4 is 15.7 Å². The van der Waals surface area contributed by atoms with E-state index < -0.39 is 14.9 Å². The summed E-state index contributed by atoms with van der Waals surface area (Å²) in [5.74, 6) is 0. The van der Waals surface area contributed by atoms with Crippen LogP contribution in [0.1, 0.15) is 5.56 Å². The number of benzene rings is 1. The van der Waals surface area contributed by atoms with E-state index in [2.05, 4.69) is 10.0 Å². The van der Waals surface area contributed by atoms with E-state index in [1.807, 2.05) is 0 Å². The number of hydrogen-bond acceptors (Lipinski definition) is 6. The molecule has 1 aromatic carbocycles. The smallest absolute Gasteiger partial charge is 0.273 e. The summed E-state index contributed by atoms with van der Waals surface area (Å²) in [5.41, 5.74) is 0.207. The van der Waals surface area contributed by atoms with Crippen molar-refractivity contribution in [3.05, 3.63) is 33.9 Å². The van der Waals surface area contributed by atoms with Crippen molar-refractivity contribution in [2.45, 2.75) is 17.9 Å². The fourth-order valence-electron chi connectivity index (χ4n) is 2.00. The van der Waals surface area contributed by atoms with Gasteiger partial charge in [-0.1, -0.05) is 6.07 Å². The number of nitrogens with zero attached hydrogens (tertiary/aromatic N) is 1. The second-order valence-corrected chi connectivity index (χ2v) is 6.55. The van der Waals surface area contributed by atoms with Crippen LogP contribution >= 0.6 is 0 Å². The van der Waals surface area contributed by atoms with Gasteiger partial charge < -0.3 is 10.1 Å². The predicted octanol–water partition coefficient (Wildman–Crippen LogP) is 0.170. The topological polar surface area (TPSA) is 111 Å². The zero-order valence-corrected chi connectivity index (χ0v) is 12.4. The molecule has 0 radical (unpaired) electrons. The highest BCUT2D eigenvalue weighted by atomic mass is 32.2. The maximum Gasteiger partial charge on any atom is 0.273 e. The molecule has 0 aliphatic carbocycles. The Hall–Kier alpha value is -1.55. The molecule has 0 amide bonds. The summed E-state index contributed by atoms with van der Waals surface area (Å²) in [6.45, 7) is 3.43. The number of aryl methyl sites for hydroxylation is 1. The number of nitro groups is 1. The van der Waals surface area contributed by atoms with Gasteiger partial charge in [-0.2, -0.15) is 0 Å². The molecule has 1 atom stereocenters. The molecule has 1 aliphatic heterocycles. The molecular weight excluding hydrogens is 298 g/mol. The lowest BCUT2D eigenvalue weighted by Gasteiger charge is -2.23. The molecule has 0 saturated carbocycles. The molecule has 0 aromatic heterocycles.